The Bertz CT molecular complexity index is 509. The number of benzene rings is 1. The Kier molecular flexibility index (Phi) is 2.91. The highest BCUT2D eigenvalue weighted by Crippen LogP contribution is 2.17. The van der Waals surface area contributed by atoms with Crippen molar-refractivity contribution in [2.45, 2.75) is 20.3 Å². The van der Waals surface area contributed by atoms with E-state index in [1.807, 2.05) is 29.8 Å². The van der Waals surface area contributed by atoms with Gasteiger partial charge in [0.15, 0.2) is 0 Å². The van der Waals surface area contributed by atoms with Gasteiger partial charge in [-0.05, 0) is 38.0 Å². The van der Waals surface area contributed by atoms with Gasteiger partial charge in [0, 0.05) is 5.69 Å². The van der Waals surface area contributed by atoms with Crippen molar-refractivity contribution in [2.75, 3.05) is 0 Å². The van der Waals surface area contributed by atoms with E-state index in [0.29, 0.717) is 0 Å². The first kappa shape index (κ1) is 10.7. The van der Waals surface area contributed by atoms with Crippen LogP contribution in [0.25, 0.3) is 5.69 Å². The summed E-state index contributed by atoms with van der Waals surface area (Å²) in [6, 6.07) is 10.4. The average Bonchev–Trinajstić information content (AvgIpc) is 2.59. The Morgan fingerprint density at radius 2 is 2.06 bits per heavy atom. The van der Waals surface area contributed by atoms with E-state index in [1.165, 1.54) is 5.56 Å². The highest BCUT2D eigenvalue weighted by molar-refractivity contribution is 5.42. The van der Waals surface area contributed by atoms with Gasteiger partial charge in [0.25, 0.3) is 0 Å². The number of allylic oxidation sites excluding steroid dienone is 1. The van der Waals surface area contributed by atoms with Crippen molar-refractivity contribution in [3.8, 4) is 5.69 Å². The number of hydrogen-bond acceptors (Lipinski definition) is 1. The molecule has 0 bridgehead atoms. The second-order valence-corrected chi connectivity index (χ2v) is 3.96. The lowest BCUT2D eigenvalue weighted by atomic mass is 10.1. The minimum atomic E-state index is 0.870. The van der Waals surface area contributed by atoms with Crippen molar-refractivity contribution >= 4 is 0 Å². The van der Waals surface area contributed by atoms with Gasteiger partial charge in [0.05, 0.1) is 11.4 Å². The van der Waals surface area contributed by atoms with Crippen LogP contribution in [0, 0.1) is 13.8 Å². The minimum absolute atomic E-state index is 0.870. The third kappa shape index (κ3) is 1.91. The molecular formula is C14H16N2. The Hall–Kier alpha value is -1.83. The topological polar surface area (TPSA) is 17.8 Å². The van der Waals surface area contributed by atoms with Gasteiger partial charge in [0.1, 0.15) is 0 Å². The standard InChI is InChI=1S/C14H16N2/c1-4-7-13-8-5-6-9-14(13)16-12(3)10-11(2)15-16/h4-6,8-10H,1,7H2,2-3H3. The van der Waals surface area contributed by atoms with E-state index in [1.54, 1.807) is 0 Å². The second kappa shape index (κ2) is 4.35. The van der Waals surface area contributed by atoms with Crippen molar-refractivity contribution in [1.29, 1.82) is 0 Å². The monoisotopic (exact) mass is 212 g/mol. The van der Waals surface area contributed by atoms with Crippen molar-refractivity contribution in [1.82, 2.24) is 9.78 Å². The molecule has 82 valence electrons. The molecule has 2 nitrogen and oxygen atoms in total. The number of hydrogen-bond donors (Lipinski definition) is 0. The Morgan fingerprint density at radius 1 is 1.31 bits per heavy atom. The van der Waals surface area contributed by atoms with Gasteiger partial charge in [-0.2, -0.15) is 5.10 Å². The molecule has 0 N–H and O–H groups in total. The minimum Gasteiger partial charge on any atom is -0.238 e. The summed E-state index contributed by atoms with van der Waals surface area (Å²) in [6.45, 7) is 7.88. The third-order valence-corrected chi connectivity index (χ3v) is 2.59. The fourth-order valence-corrected chi connectivity index (χ4v) is 1.92. The van der Waals surface area contributed by atoms with Gasteiger partial charge in [-0.25, -0.2) is 4.68 Å². The summed E-state index contributed by atoms with van der Waals surface area (Å²) in [4.78, 5) is 0. The van der Waals surface area contributed by atoms with Crippen LogP contribution in [0.2, 0.25) is 0 Å². The molecule has 0 aliphatic rings. The third-order valence-electron chi connectivity index (χ3n) is 2.59. The van der Waals surface area contributed by atoms with Gasteiger partial charge < -0.3 is 0 Å². The zero-order chi connectivity index (χ0) is 11.5. The molecule has 0 atom stereocenters. The molecule has 0 saturated carbocycles. The molecule has 1 aromatic carbocycles. The Labute approximate surface area is 96.2 Å². The quantitative estimate of drug-likeness (QED) is 0.714. The Morgan fingerprint density at radius 3 is 2.69 bits per heavy atom. The van der Waals surface area contributed by atoms with Crippen molar-refractivity contribution in [3.63, 3.8) is 0 Å². The zero-order valence-corrected chi connectivity index (χ0v) is 9.77. The summed E-state index contributed by atoms with van der Waals surface area (Å²) < 4.78 is 1.99. The fraction of sp³-hybridized carbons (Fsp3) is 0.214. The number of aryl methyl sites for hydroxylation is 2. The molecule has 0 amide bonds. The molecule has 0 aliphatic heterocycles. The van der Waals surface area contributed by atoms with Crippen molar-refractivity contribution in [3.05, 3.63) is 59.9 Å². The van der Waals surface area contributed by atoms with E-state index in [2.05, 4.69) is 36.8 Å². The summed E-state index contributed by atoms with van der Waals surface area (Å²) in [5, 5.41) is 4.51. The van der Waals surface area contributed by atoms with Gasteiger partial charge >= 0.3 is 0 Å². The van der Waals surface area contributed by atoms with Crippen LogP contribution in [0.1, 0.15) is 17.0 Å². The van der Waals surface area contributed by atoms with E-state index in [9.17, 15) is 0 Å². The van der Waals surface area contributed by atoms with Crippen LogP contribution in [0.15, 0.2) is 43.0 Å². The second-order valence-electron chi connectivity index (χ2n) is 3.96. The molecule has 0 fully saturated rings. The molecule has 2 rings (SSSR count). The lowest BCUT2D eigenvalue weighted by Crippen LogP contribution is -2.02. The summed E-state index contributed by atoms with van der Waals surface area (Å²) in [5.41, 5.74) is 4.61. The van der Waals surface area contributed by atoms with E-state index in [4.69, 9.17) is 0 Å². The first-order valence-electron chi connectivity index (χ1n) is 5.45. The van der Waals surface area contributed by atoms with Gasteiger partial charge in [-0.15, -0.1) is 6.58 Å². The lowest BCUT2D eigenvalue weighted by Gasteiger charge is -2.09. The predicted octanol–water partition coefficient (Wildman–Crippen LogP) is 3.22. The molecule has 1 aromatic heterocycles. The largest absolute Gasteiger partial charge is 0.238 e. The lowest BCUT2D eigenvalue weighted by molar-refractivity contribution is 0.824. The average molecular weight is 212 g/mol. The summed E-state index contributed by atoms with van der Waals surface area (Å²) in [7, 11) is 0. The number of rotatable bonds is 3. The van der Waals surface area contributed by atoms with Crippen molar-refractivity contribution < 1.29 is 0 Å². The Balaban J connectivity index is 2.54. The highest BCUT2D eigenvalue weighted by atomic mass is 15.3. The fourth-order valence-electron chi connectivity index (χ4n) is 1.92. The molecule has 0 spiro atoms. The maximum Gasteiger partial charge on any atom is 0.0683 e. The first-order chi connectivity index (χ1) is 7.72. The van der Waals surface area contributed by atoms with Gasteiger partial charge in [-0.1, -0.05) is 24.3 Å². The summed E-state index contributed by atoms with van der Waals surface area (Å²) in [6.07, 6.45) is 2.79. The molecule has 2 aromatic rings. The molecule has 16 heavy (non-hydrogen) atoms. The molecular weight excluding hydrogens is 196 g/mol. The van der Waals surface area contributed by atoms with E-state index >= 15 is 0 Å². The van der Waals surface area contributed by atoms with Crippen LogP contribution in [0.3, 0.4) is 0 Å². The summed E-state index contributed by atoms with van der Waals surface area (Å²) in [5.74, 6) is 0. The number of aromatic nitrogens is 2. The van der Waals surface area contributed by atoms with Crippen LogP contribution >= 0.6 is 0 Å². The van der Waals surface area contributed by atoms with Gasteiger partial charge in [-0.3, -0.25) is 0 Å². The van der Waals surface area contributed by atoms with E-state index in [-0.39, 0.29) is 0 Å². The van der Waals surface area contributed by atoms with Gasteiger partial charge in [0.2, 0.25) is 0 Å². The smallest absolute Gasteiger partial charge is 0.0683 e. The van der Waals surface area contributed by atoms with Crippen LogP contribution in [0.4, 0.5) is 0 Å². The maximum absolute atomic E-state index is 4.51. The molecule has 0 radical (unpaired) electrons. The first-order valence-corrected chi connectivity index (χ1v) is 5.45. The summed E-state index contributed by atoms with van der Waals surface area (Å²) >= 11 is 0. The number of para-hydroxylation sites is 1. The molecule has 0 aliphatic carbocycles. The molecule has 0 unspecified atom stereocenters. The molecule has 0 saturated heterocycles. The van der Waals surface area contributed by atoms with Crippen LogP contribution in [0.5, 0.6) is 0 Å². The molecule has 2 heteroatoms. The van der Waals surface area contributed by atoms with Crippen LogP contribution in [-0.4, -0.2) is 9.78 Å². The van der Waals surface area contributed by atoms with Crippen LogP contribution < -0.4 is 0 Å². The van der Waals surface area contributed by atoms with E-state index < -0.39 is 0 Å². The predicted molar refractivity (Wildman–Crippen MR) is 66.9 cm³/mol. The zero-order valence-electron chi connectivity index (χ0n) is 9.77. The SMILES string of the molecule is C=CCc1ccccc1-n1nc(C)cc1C. The van der Waals surface area contributed by atoms with Crippen molar-refractivity contribution in [2.24, 2.45) is 0 Å². The van der Waals surface area contributed by atoms with Crippen LogP contribution in [-0.2, 0) is 6.42 Å². The normalized spacial score (nSPS) is 10.4. The molecule has 1 heterocycles. The highest BCUT2D eigenvalue weighted by Gasteiger charge is 2.06. The maximum atomic E-state index is 4.51. The number of nitrogens with zero attached hydrogens (tertiary/aromatic N) is 2. The van der Waals surface area contributed by atoms with E-state index in [0.717, 1.165) is 23.5 Å².